The lowest BCUT2D eigenvalue weighted by molar-refractivity contribution is -0.0191. The van der Waals surface area contributed by atoms with E-state index in [1.54, 1.807) is 13.2 Å². The van der Waals surface area contributed by atoms with E-state index in [0.29, 0.717) is 30.0 Å². The molecule has 2 aliphatic rings. The van der Waals surface area contributed by atoms with E-state index >= 15 is 0 Å². The van der Waals surface area contributed by atoms with Crippen molar-refractivity contribution in [2.45, 2.75) is 45.2 Å². The van der Waals surface area contributed by atoms with Crippen LogP contribution in [0.15, 0.2) is 12.1 Å². The Bertz CT molecular complexity index is 725. The van der Waals surface area contributed by atoms with E-state index < -0.39 is 24.4 Å². The highest BCUT2D eigenvalue weighted by atomic mass is 16.5. The molecule has 3 atom stereocenters. The van der Waals surface area contributed by atoms with Gasteiger partial charge in [0.25, 0.3) is 0 Å². The Morgan fingerprint density at radius 3 is 2.70 bits per heavy atom. The summed E-state index contributed by atoms with van der Waals surface area (Å²) in [5.41, 5.74) is 1.62. The lowest BCUT2D eigenvalue weighted by Crippen LogP contribution is -2.48. The highest BCUT2D eigenvalue weighted by molar-refractivity contribution is 5.49. The third kappa shape index (κ3) is 3.20. The second-order valence-electron chi connectivity index (χ2n) is 6.72. The lowest BCUT2D eigenvalue weighted by atomic mass is 9.79. The first-order valence-electron chi connectivity index (χ1n) is 10.2. The van der Waals surface area contributed by atoms with Crippen molar-refractivity contribution in [2.24, 2.45) is 11.8 Å². The predicted octanol–water partition coefficient (Wildman–Crippen LogP) is 3.03. The van der Waals surface area contributed by atoms with Crippen LogP contribution in [0.4, 0.5) is 0 Å². The minimum Gasteiger partial charge on any atom is -0.493 e. The largest absolute Gasteiger partial charge is 0.493 e. The van der Waals surface area contributed by atoms with E-state index in [4.69, 9.17) is 15.0 Å². The summed E-state index contributed by atoms with van der Waals surface area (Å²) in [6, 6.07) is 2.79. The molecular weight excluding hydrogens is 290 g/mol. The molecule has 23 heavy (non-hydrogen) atoms. The molecule has 0 radical (unpaired) electrons. The Morgan fingerprint density at radius 2 is 2.04 bits per heavy atom. The third-order valence-electron chi connectivity index (χ3n) is 4.63. The first-order valence-corrected chi connectivity index (χ1v) is 8.19. The van der Waals surface area contributed by atoms with Crippen LogP contribution < -0.4 is 9.47 Å². The maximum Gasteiger partial charge on any atom is 0.161 e. The van der Waals surface area contributed by atoms with Gasteiger partial charge in [-0.25, -0.2) is 0 Å². The first-order chi connectivity index (χ1) is 12.5. The van der Waals surface area contributed by atoms with Crippen LogP contribution >= 0.6 is 0 Å². The van der Waals surface area contributed by atoms with E-state index in [0.717, 1.165) is 5.56 Å². The molecule has 2 aliphatic heterocycles. The van der Waals surface area contributed by atoms with Crippen molar-refractivity contribution in [1.29, 1.82) is 0 Å². The van der Waals surface area contributed by atoms with Crippen LogP contribution in [0.5, 0.6) is 11.5 Å². The standard InChI is InChI=1S/C19H29NO3/c1-12(2)7-14-11-20-6-5-13-8-18(22-3)19(23-4)9-15(13)16(20)10-17(14)21/h8-9,12,14,16-17,21H,5-7,10-11H2,1-4H3/t14-,16-,17+/m0/s1/i10D2,14D,17D. The normalized spacial score (nSPS) is 38.6. The highest BCUT2D eigenvalue weighted by Crippen LogP contribution is 2.43. The zero-order valence-corrected chi connectivity index (χ0v) is 14.3. The average molecular weight is 323 g/mol. The molecule has 0 bridgehead atoms. The third-order valence-corrected chi connectivity index (χ3v) is 4.63. The molecule has 1 aromatic carbocycles. The molecule has 0 amide bonds. The minimum atomic E-state index is -2.53. The highest BCUT2D eigenvalue weighted by Gasteiger charge is 2.38. The van der Waals surface area contributed by atoms with Crippen LogP contribution in [0.25, 0.3) is 0 Å². The Kier molecular flexibility index (Phi) is 3.54. The van der Waals surface area contributed by atoms with Gasteiger partial charge < -0.3 is 14.6 Å². The van der Waals surface area contributed by atoms with E-state index in [-0.39, 0.29) is 18.9 Å². The second-order valence-corrected chi connectivity index (χ2v) is 6.72. The monoisotopic (exact) mass is 323 g/mol. The fraction of sp³-hybridized carbons (Fsp3) is 0.684. The molecule has 4 nitrogen and oxygen atoms in total. The Labute approximate surface area is 145 Å². The molecule has 3 rings (SSSR count). The molecule has 0 spiro atoms. The number of hydrogen-bond acceptors (Lipinski definition) is 4. The number of hydrogen-bond donors (Lipinski definition) is 1. The van der Waals surface area contributed by atoms with Gasteiger partial charge in [0.2, 0.25) is 0 Å². The number of rotatable bonds is 4. The summed E-state index contributed by atoms with van der Waals surface area (Å²) in [5.74, 6) is -0.452. The van der Waals surface area contributed by atoms with Crippen LogP contribution in [0.3, 0.4) is 0 Å². The fourth-order valence-electron chi connectivity index (χ4n) is 3.54. The quantitative estimate of drug-likeness (QED) is 0.925. The van der Waals surface area contributed by atoms with Crippen molar-refractivity contribution >= 4 is 0 Å². The Balaban J connectivity index is 2.12. The summed E-state index contributed by atoms with van der Waals surface area (Å²) in [4.78, 5) is 1.91. The molecule has 1 fully saturated rings. The van der Waals surface area contributed by atoms with E-state index in [1.807, 2.05) is 24.8 Å². The number of ether oxygens (including phenoxy) is 2. The number of piperidine rings is 1. The fourth-order valence-corrected chi connectivity index (χ4v) is 3.54. The van der Waals surface area contributed by atoms with Gasteiger partial charge in [-0.3, -0.25) is 4.90 Å². The number of aliphatic hydroxyl groups is 1. The molecule has 0 unspecified atom stereocenters. The molecule has 2 heterocycles. The van der Waals surface area contributed by atoms with Crippen molar-refractivity contribution < 1.29 is 20.1 Å². The molecule has 128 valence electrons. The van der Waals surface area contributed by atoms with Crippen molar-refractivity contribution in [3.63, 3.8) is 0 Å². The van der Waals surface area contributed by atoms with Crippen molar-refractivity contribution in [1.82, 2.24) is 4.90 Å². The Morgan fingerprint density at radius 1 is 1.35 bits per heavy atom. The van der Waals surface area contributed by atoms with Gasteiger partial charge in [-0.15, -0.1) is 0 Å². The van der Waals surface area contributed by atoms with Crippen LogP contribution in [0.2, 0.25) is 0 Å². The predicted molar refractivity (Wildman–Crippen MR) is 91.1 cm³/mol. The molecular formula is C19H29NO3. The zero-order chi connectivity index (χ0) is 20.2. The summed E-state index contributed by atoms with van der Waals surface area (Å²) in [6.07, 6.45) is -3.91. The van der Waals surface area contributed by atoms with Crippen molar-refractivity contribution in [3.8, 4) is 11.5 Å². The summed E-state index contributed by atoms with van der Waals surface area (Å²) < 4.78 is 45.5. The van der Waals surface area contributed by atoms with Crippen LogP contribution in [0, 0.1) is 11.8 Å². The maximum atomic E-state index is 11.0. The molecule has 1 N–H and O–H groups in total. The summed E-state index contributed by atoms with van der Waals surface area (Å²) in [5, 5.41) is 11.0. The van der Waals surface area contributed by atoms with Gasteiger partial charge in [0.15, 0.2) is 11.5 Å². The summed E-state index contributed by atoms with van der Waals surface area (Å²) in [7, 11) is 3.08. The minimum absolute atomic E-state index is 0.0770. The van der Waals surface area contributed by atoms with Crippen LogP contribution in [-0.2, 0) is 6.42 Å². The van der Waals surface area contributed by atoms with Crippen molar-refractivity contribution in [3.05, 3.63) is 23.3 Å². The van der Waals surface area contributed by atoms with E-state index in [2.05, 4.69) is 0 Å². The number of methoxy groups -OCH3 is 2. The van der Waals surface area contributed by atoms with Gasteiger partial charge in [0.05, 0.1) is 21.7 Å². The van der Waals surface area contributed by atoms with Gasteiger partial charge in [-0.1, -0.05) is 13.8 Å². The Hall–Kier alpha value is -1.26. The molecule has 4 heteroatoms. The first kappa shape index (κ1) is 12.2. The summed E-state index contributed by atoms with van der Waals surface area (Å²) in [6.45, 7) is 4.58. The smallest absolute Gasteiger partial charge is 0.161 e. The zero-order valence-electron chi connectivity index (χ0n) is 18.3. The number of fused-ring (bicyclic) bond motifs is 3. The second kappa shape index (κ2) is 6.70. The average Bonchev–Trinajstić information content (AvgIpc) is 2.57. The molecule has 0 saturated carbocycles. The van der Waals surface area contributed by atoms with Crippen LogP contribution in [-0.4, -0.2) is 43.4 Å². The SMILES string of the molecule is [2H]C1([2H])[C@H]2c3cc(OC)c(OC)cc3CCN2C[C@]([2H])(CC(C)C)[C@]1([2H])O. The van der Waals surface area contributed by atoms with Gasteiger partial charge in [-0.2, -0.15) is 0 Å². The maximum absolute atomic E-state index is 11.0. The van der Waals surface area contributed by atoms with E-state index in [9.17, 15) is 5.11 Å². The topological polar surface area (TPSA) is 41.9 Å². The molecule has 0 aliphatic carbocycles. The molecule has 1 aromatic rings. The van der Waals surface area contributed by atoms with E-state index in [1.165, 1.54) is 7.11 Å². The van der Waals surface area contributed by atoms with Crippen molar-refractivity contribution in [2.75, 3.05) is 27.3 Å². The van der Waals surface area contributed by atoms with Crippen LogP contribution in [0.1, 0.15) is 49.3 Å². The van der Waals surface area contributed by atoms with Gasteiger partial charge in [0.1, 0.15) is 0 Å². The van der Waals surface area contributed by atoms with Gasteiger partial charge in [0, 0.05) is 23.2 Å². The van der Waals surface area contributed by atoms with Gasteiger partial charge >= 0.3 is 0 Å². The van der Waals surface area contributed by atoms with Gasteiger partial charge in [-0.05, 0) is 54.3 Å². The number of nitrogens with zero attached hydrogens (tertiary/aromatic N) is 1. The molecule has 1 saturated heterocycles. The lowest BCUT2D eigenvalue weighted by Gasteiger charge is -2.46. The summed E-state index contributed by atoms with van der Waals surface area (Å²) >= 11 is 0. The number of benzene rings is 1. The molecule has 0 aromatic heterocycles.